The van der Waals surface area contributed by atoms with Crippen molar-refractivity contribution in [2.75, 3.05) is 11.9 Å². The summed E-state index contributed by atoms with van der Waals surface area (Å²) in [6.07, 6.45) is 1.80. The van der Waals surface area contributed by atoms with E-state index in [1.807, 2.05) is 0 Å². The van der Waals surface area contributed by atoms with Gasteiger partial charge in [-0.1, -0.05) is 0 Å². The third-order valence-electron chi connectivity index (χ3n) is 3.38. The average molecular weight is 259 g/mol. The molecular weight excluding hydrogens is 246 g/mol. The molecule has 6 heteroatoms. The van der Waals surface area contributed by atoms with E-state index in [2.05, 4.69) is 16.0 Å². The minimum Gasteiger partial charge on any atom is -0.325 e. The fourth-order valence-electron chi connectivity index (χ4n) is 2.38. The third kappa shape index (κ3) is 2.10. The van der Waals surface area contributed by atoms with Crippen molar-refractivity contribution in [2.24, 2.45) is 0 Å². The van der Waals surface area contributed by atoms with Crippen molar-refractivity contribution in [3.8, 4) is 0 Å². The van der Waals surface area contributed by atoms with Crippen LogP contribution in [0.5, 0.6) is 0 Å². The monoisotopic (exact) mass is 259 g/mol. The zero-order valence-corrected chi connectivity index (χ0v) is 10.2. The molecular formula is C13H13N3O3. The predicted octanol–water partition coefficient (Wildman–Crippen LogP) is 0.261. The first-order valence-electron chi connectivity index (χ1n) is 6.19. The Kier molecular flexibility index (Phi) is 2.79. The van der Waals surface area contributed by atoms with Crippen LogP contribution < -0.4 is 16.0 Å². The van der Waals surface area contributed by atoms with Gasteiger partial charge in [0.1, 0.15) is 0 Å². The van der Waals surface area contributed by atoms with E-state index in [9.17, 15) is 14.4 Å². The Balaban J connectivity index is 1.79. The number of anilines is 1. The second-order valence-electron chi connectivity index (χ2n) is 4.68. The summed E-state index contributed by atoms with van der Waals surface area (Å²) in [5.74, 6) is -0.924. The zero-order valence-electron chi connectivity index (χ0n) is 10.2. The standard InChI is InChI=1S/C13H13N3O3/c17-11-8-4-3-7(6-9(8)12(18)16-11)15-13(19)10-2-1-5-14-10/h3-4,6,10,14H,1-2,5H2,(H,15,19)(H,16,17,18)/t10-/m0/s1. The van der Waals surface area contributed by atoms with Crippen molar-refractivity contribution < 1.29 is 14.4 Å². The first-order chi connectivity index (χ1) is 9.15. The van der Waals surface area contributed by atoms with Crippen LogP contribution in [0.3, 0.4) is 0 Å². The number of hydrogen-bond donors (Lipinski definition) is 3. The summed E-state index contributed by atoms with van der Waals surface area (Å²) >= 11 is 0. The highest BCUT2D eigenvalue weighted by atomic mass is 16.2. The lowest BCUT2D eigenvalue weighted by Crippen LogP contribution is -2.35. The molecule has 3 N–H and O–H groups in total. The number of carbonyl (C=O) groups is 3. The third-order valence-corrected chi connectivity index (χ3v) is 3.38. The topological polar surface area (TPSA) is 87.3 Å². The van der Waals surface area contributed by atoms with Crippen molar-refractivity contribution >= 4 is 23.4 Å². The smallest absolute Gasteiger partial charge is 0.259 e. The molecule has 1 atom stereocenters. The van der Waals surface area contributed by atoms with E-state index in [4.69, 9.17) is 0 Å². The van der Waals surface area contributed by atoms with Crippen LogP contribution >= 0.6 is 0 Å². The van der Waals surface area contributed by atoms with Crippen molar-refractivity contribution in [2.45, 2.75) is 18.9 Å². The van der Waals surface area contributed by atoms with Crippen LogP contribution in [0.2, 0.25) is 0 Å². The summed E-state index contributed by atoms with van der Waals surface area (Å²) in [4.78, 5) is 34.8. The number of imide groups is 1. The van der Waals surface area contributed by atoms with E-state index in [1.165, 1.54) is 6.07 Å². The molecule has 1 aromatic carbocycles. The first-order valence-corrected chi connectivity index (χ1v) is 6.19. The largest absolute Gasteiger partial charge is 0.325 e. The zero-order chi connectivity index (χ0) is 13.4. The van der Waals surface area contributed by atoms with Crippen LogP contribution in [0.25, 0.3) is 0 Å². The molecule has 2 aliphatic rings. The summed E-state index contributed by atoms with van der Waals surface area (Å²) < 4.78 is 0. The summed E-state index contributed by atoms with van der Waals surface area (Å²) in [6.45, 7) is 0.846. The number of rotatable bonds is 2. The Morgan fingerprint density at radius 1 is 1.21 bits per heavy atom. The van der Waals surface area contributed by atoms with Gasteiger partial charge in [0.15, 0.2) is 0 Å². The van der Waals surface area contributed by atoms with Crippen LogP contribution in [0.4, 0.5) is 5.69 Å². The van der Waals surface area contributed by atoms with Gasteiger partial charge in [-0.25, -0.2) is 0 Å². The number of carbonyl (C=O) groups excluding carboxylic acids is 3. The van der Waals surface area contributed by atoms with Gasteiger partial charge in [-0.15, -0.1) is 0 Å². The summed E-state index contributed by atoms with van der Waals surface area (Å²) in [5.41, 5.74) is 1.19. The lowest BCUT2D eigenvalue weighted by molar-refractivity contribution is -0.117. The molecule has 1 aromatic rings. The summed E-state index contributed by atoms with van der Waals surface area (Å²) in [5, 5.41) is 8.07. The Bertz CT molecular complexity index is 576. The van der Waals surface area contributed by atoms with Gasteiger partial charge in [0.25, 0.3) is 11.8 Å². The maximum atomic E-state index is 11.9. The van der Waals surface area contributed by atoms with Gasteiger partial charge < -0.3 is 10.6 Å². The van der Waals surface area contributed by atoms with E-state index in [0.717, 1.165) is 19.4 Å². The number of benzene rings is 1. The SMILES string of the molecule is O=C1NC(=O)c2cc(NC(=O)[C@@H]3CCCN3)ccc21. The molecule has 0 unspecified atom stereocenters. The summed E-state index contributed by atoms with van der Waals surface area (Å²) in [7, 11) is 0. The summed E-state index contributed by atoms with van der Waals surface area (Å²) in [6, 6.07) is 4.53. The number of nitrogens with one attached hydrogen (secondary N) is 3. The number of hydrogen-bond acceptors (Lipinski definition) is 4. The highest BCUT2D eigenvalue weighted by molar-refractivity contribution is 6.22. The highest BCUT2D eigenvalue weighted by Crippen LogP contribution is 2.20. The van der Waals surface area contributed by atoms with Crippen LogP contribution in [0.1, 0.15) is 33.6 Å². The second kappa shape index (κ2) is 4.47. The number of amides is 3. The van der Waals surface area contributed by atoms with Gasteiger partial charge in [-0.05, 0) is 37.6 Å². The molecule has 0 aromatic heterocycles. The maximum absolute atomic E-state index is 11.9. The van der Waals surface area contributed by atoms with E-state index in [-0.39, 0.29) is 11.9 Å². The van der Waals surface area contributed by atoms with Gasteiger partial charge in [-0.2, -0.15) is 0 Å². The molecule has 98 valence electrons. The van der Waals surface area contributed by atoms with Crippen molar-refractivity contribution in [1.82, 2.24) is 10.6 Å². The van der Waals surface area contributed by atoms with Gasteiger partial charge in [-0.3, -0.25) is 19.7 Å². The lowest BCUT2D eigenvalue weighted by atomic mass is 10.1. The molecule has 0 spiro atoms. The van der Waals surface area contributed by atoms with E-state index >= 15 is 0 Å². The molecule has 6 nitrogen and oxygen atoms in total. The Labute approximate surface area is 109 Å². The molecule has 1 saturated heterocycles. The maximum Gasteiger partial charge on any atom is 0.259 e. The Morgan fingerprint density at radius 3 is 2.74 bits per heavy atom. The molecule has 2 heterocycles. The molecule has 0 aliphatic carbocycles. The second-order valence-corrected chi connectivity index (χ2v) is 4.68. The van der Waals surface area contributed by atoms with E-state index in [0.29, 0.717) is 16.8 Å². The molecule has 19 heavy (non-hydrogen) atoms. The van der Waals surface area contributed by atoms with E-state index in [1.54, 1.807) is 12.1 Å². The van der Waals surface area contributed by atoms with Crippen LogP contribution in [0.15, 0.2) is 18.2 Å². The molecule has 0 radical (unpaired) electrons. The van der Waals surface area contributed by atoms with Crippen molar-refractivity contribution in [3.05, 3.63) is 29.3 Å². The molecule has 0 bridgehead atoms. The predicted molar refractivity (Wildman–Crippen MR) is 67.9 cm³/mol. The minimum absolute atomic E-state index is 0.109. The van der Waals surface area contributed by atoms with E-state index < -0.39 is 11.8 Å². The molecule has 3 rings (SSSR count). The fourth-order valence-corrected chi connectivity index (χ4v) is 2.38. The molecule has 3 amide bonds. The van der Waals surface area contributed by atoms with Gasteiger partial charge >= 0.3 is 0 Å². The highest BCUT2D eigenvalue weighted by Gasteiger charge is 2.27. The van der Waals surface area contributed by atoms with Crippen molar-refractivity contribution in [1.29, 1.82) is 0 Å². The molecule has 2 aliphatic heterocycles. The van der Waals surface area contributed by atoms with Gasteiger partial charge in [0.2, 0.25) is 5.91 Å². The fraction of sp³-hybridized carbons (Fsp3) is 0.308. The molecule has 0 saturated carbocycles. The van der Waals surface area contributed by atoms with Crippen LogP contribution in [-0.2, 0) is 4.79 Å². The lowest BCUT2D eigenvalue weighted by Gasteiger charge is -2.11. The van der Waals surface area contributed by atoms with Gasteiger partial charge in [0, 0.05) is 5.69 Å². The van der Waals surface area contributed by atoms with Gasteiger partial charge in [0.05, 0.1) is 17.2 Å². The normalized spacial score (nSPS) is 21.2. The number of fused-ring (bicyclic) bond motifs is 1. The van der Waals surface area contributed by atoms with Crippen LogP contribution in [-0.4, -0.2) is 30.3 Å². The first kappa shape index (κ1) is 11.9. The van der Waals surface area contributed by atoms with Crippen molar-refractivity contribution in [3.63, 3.8) is 0 Å². The quantitative estimate of drug-likeness (QED) is 0.665. The minimum atomic E-state index is -0.421. The van der Waals surface area contributed by atoms with Crippen LogP contribution in [0, 0.1) is 0 Å². The average Bonchev–Trinajstić information content (AvgIpc) is 2.99. The molecule has 1 fully saturated rings. The Hall–Kier alpha value is -2.21. The Morgan fingerprint density at radius 2 is 2.00 bits per heavy atom.